The molecular weight excluding hydrogens is 329 g/mol. The van der Waals surface area contributed by atoms with Crippen LogP contribution in [0.3, 0.4) is 0 Å². The molecule has 2 rings (SSSR count). The fourth-order valence-electron chi connectivity index (χ4n) is 2.58. The average molecular weight is 350 g/mol. The Labute approximate surface area is 134 Å². The smallest absolute Gasteiger partial charge is 0.137 e. The van der Waals surface area contributed by atoms with E-state index in [4.69, 9.17) is 0 Å². The second-order valence-electron chi connectivity index (χ2n) is 5.40. The van der Waals surface area contributed by atoms with Crippen LogP contribution in [0.25, 0.3) is 0 Å². The zero-order valence-corrected chi connectivity index (χ0v) is 14.1. The van der Waals surface area contributed by atoms with Crippen molar-refractivity contribution in [2.75, 3.05) is 6.54 Å². The summed E-state index contributed by atoms with van der Waals surface area (Å²) in [5.74, 6) is -0.211. The third-order valence-electron chi connectivity index (χ3n) is 3.52. The topological polar surface area (TPSA) is 12.0 Å². The van der Waals surface area contributed by atoms with Crippen LogP contribution in [0.2, 0.25) is 0 Å². The molecule has 21 heavy (non-hydrogen) atoms. The summed E-state index contributed by atoms with van der Waals surface area (Å²) in [6, 6.07) is 14.2. The van der Waals surface area contributed by atoms with Crippen molar-refractivity contribution in [3.63, 3.8) is 0 Å². The van der Waals surface area contributed by atoms with Gasteiger partial charge in [-0.15, -0.1) is 0 Å². The highest BCUT2D eigenvalue weighted by Crippen LogP contribution is 2.19. The summed E-state index contributed by atoms with van der Waals surface area (Å²) >= 11 is 3.26. The van der Waals surface area contributed by atoms with Gasteiger partial charge in [0.25, 0.3) is 0 Å². The Morgan fingerprint density at radius 3 is 2.43 bits per heavy atom. The van der Waals surface area contributed by atoms with Gasteiger partial charge in [0.05, 0.1) is 4.47 Å². The highest BCUT2D eigenvalue weighted by Gasteiger charge is 2.11. The molecule has 0 amide bonds. The molecule has 3 heteroatoms. The van der Waals surface area contributed by atoms with E-state index in [0.717, 1.165) is 24.9 Å². The Hall–Kier alpha value is -1.19. The van der Waals surface area contributed by atoms with Gasteiger partial charge in [0.2, 0.25) is 0 Å². The molecule has 0 spiro atoms. The summed E-state index contributed by atoms with van der Waals surface area (Å²) in [6.45, 7) is 5.16. The maximum absolute atomic E-state index is 13.3. The molecule has 0 saturated heterocycles. The van der Waals surface area contributed by atoms with Gasteiger partial charge in [0, 0.05) is 6.04 Å². The van der Waals surface area contributed by atoms with Gasteiger partial charge in [0.15, 0.2) is 0 Å². The van der Waals surface area contributed by atoms with Crippen molar-refractivity contribution in [1.82, 2.24) is 5.32 Å². The maximum atomic E-state index is 13.3. The number of likely N-dealkylation sites (N-methyl/N-ethyl adjacent to an activating group) is 1. The molecule has 0 aliphatic heterocycles. The first-order valence-corrected chi connectivity index (χ1v) is 8.10. The molecule has 2 aromatic rings. The van der Waals surface area contributed by atoms with Crippen LogP contribution in [0.5, 0.6) is 0 Å². The van der Waals surface area contributed by atoms with Crippen molar-refractivity contribution in [3.8, 4) is 0 Å². The molecule has 0 fully saturated rings. The predicted molar refractivity (Wildman–Crippen MR) is 90.2 cm³/mol. The van der Waals surface area contributed by atoms with E-state index in [0.29, 0.717) is 10.5 Å². The van der Waals surface area contributed by atoms with Gasteiger partial charge in [-0.3, -0.25) is 0 Å². The van der Waals surface area contributed by atoms with E-state index in [2.05, 4.69) is 59.4 Å². The number of halogens is 2. The maximum Gasteiger partial charge on any atom is 0.137 e. The Morgan fingerprint density at radius 1 is 1.10 bits per heavy atom. The lowest BCUT2D eigenvalue weighted by atomic mass is 9.98. The van der Waals surface area contributed by atoms with Crippen molar-refractivity contribution in [2.24, 2.45) is 0 Å². The quantitative estimate of drug-likeness (QED) is 0.799. The fourth-order valence-corrected chi connectivity index (χ4v) is 3.01. The van der Waals surface area contributed by atoms with Crippen LogP contribution in [0, 0.1) is 12.7 Å². The lowest BCUT2D eigenvalue weighted by molar-refractivity contribution is 0.520. The number of hydrogen-bond donors (Lipinski definition) is 1. The number of hydrogen-bond acceptors (Lipinski definition) is 1. The molecule has 0 bridgehead atoms. The molecule has 0 aliphatic carbocycles. The highest BCUT2D eigenvalue weighted by molar-refractivity contribution is 9.10. The zero-order chi connectivity index (χ0) is 15.2. The molecule has 0 heterocycles. The van der Waals surface area contributed by atoms with Crippen LogP contribution in [0.1, 0.15) is 23.6 Å². The minimum absolute atomic E-state index is 0.211. The first-order chi connectivity index (χ1) is 10.1. The standard InChI is InChI=1S/C18H21BrFN/c1-3-21-16(10-14-6-4-5-13(2)9-14)11-15-7-8-18(20)17(19)12-15/h4-9,12,16,21H,3,10-11H2,1-2H3. The molecule has 2 aromatic carbocycles. The second kappa shape index (κ2) is 7.71. The third kappa shape index (κ3) is 4.94. The largest absolute Gasteiger partial charge is 0.314 e. The normalized spacial score (nSPS) is 12.4. The first-order valence-electron chi connectivity index (χ1n) is 7.31. The van der Waals surface area contributed by atoms with Gasteiger partial charge in [0.1, 0.15) is 5.82 Å². The summed E-state index contributed by atoms with van der Waals surface area (Å²) in [5, 5.41) is 3.52. The summed E-state index contributed by atoms with van der Waals surface area (Å²) < 4.78 is 13.8. The van der Waals surface area contributed by atoms with Gasteiger partial charge < -0.3 is 5.32 Å². The zero-order valence-electron chi connectivity index (χ0n) is 12.5. The van der Waals surface area contributed by atoms with E-state index in [-0.39, 0.29) is 5.82 Å². The van der Waals surface area contributed by atoms with Gasteiger partial charge in [-0.05, 0) is 65.5 Å². The van der Waals surface area contributed by atoms with Crippen molar-refractivity contribution in [3.05, 3.63) is 69.4 Å². The fraction of sp³-hybridized carbons (Fsp3) is 0.333. The van der Waals surface area contributed by atoms with Crippen molar-refractivity contribution < 1.29 is 4.39 Å². The molecule has 1 nitrogen and oxygen atoms in total. The van der Waals surface area contributed by atoms with E-state index in [1.165, 1.54) is 17.2 Å². The lowest BCUT2D eigenvalue weighted by Crippen LogP contribution is -2.33. The molecule has 0 radical (unpaired) electrons. The highest BCUT2D eigenvalue weighted by atomic mass is 79.9. The van der Waals surface area contributed by atoms with Gasteiger partial charge in [-0.25, -0.2) is 4.39 Å². The molecule has 0 aliphatic rings. The van der Waals surface area contributed by atoms with Crippen LogP contribution < -0.4 is 5.32 Å². The molecule has 112 valence electrons. The Kier molecular flexibility index (Phi) is 5.95. The summed E-state index contributed by atoms with van der Waals surface area (Å²) in [5.41, 5.74) is 3.76. The molecule has 0 aromatic heterocycles. The molecule has 1 N–H and O–H groups in total. The van der Waals surface area contributed by atoms with Crippen LogP contribution in [0.15, 0.2) is 46.9 Å². The number of nitrogens with one attached hydrogen (secondary N) is 1. The van der Waals surface area contributed by atoms with Crippen LogP contribution in [-0.4, -0.2) is 12.6 Å². The third-order valence-corrected chi connectivity index (χ3v) is 4.13. The SMILES string of the molecule is CCNC(Cc1cccc(C)c1)Cc1ccc(F)c(Br)c1. The van der Waals surface area contributed by atoms with Crippen molar-refractivity contribution in [2.45, 2.75) is 32.7 Å². The van der Waals surface area contributed by atoms with Crippen molar-refractivity contribution >= 4 is 15.9 Å². The molecular formula is C18H21BrFN. The number of aryl methyl sites for hydroxylation is 1. The molecule has 1 atom stereocenters. The summed E-state index contributed by atoms with van der Waals surface area (Å²) in [4.78, 5) is 0. The van der Waals surface area contributed by atoms with Gasteiger partial charge in [-0.1, -0.05) is 42.8 Å². The van der Waals surface area contributed by atoms with E-state index in [1.54, 1.807) is 0 Å². The first kappa shape index (κ1) is 16.2. The van der Waals surface area contributed by atoms with E-state index in [9.17, 15) is 4.39 Å². The summed E-state index contributed by atoms with van der Waals surface area (Å²) in [7, 11) is 0. The van der Waals surface area contributed by atoms with Crippen molar-refractivity contribution in [1.29, 1.82) is 0 Å². The van der Waals surface area contributed by atoms with Crippen LogP contribution in [-0.2, 0) is 12.8 Å². The van der Waals surface area contributed by atoms with Crippen LogP contribution in [0.4, 0.5) is 4.39 Å². The lowest BCUT2D eigenvalue weighted by Gasteiger charge is -2.18. The molecule has 1 unspecified atom stereocenters. The van der Waals surface area contributed by atoms with E-state index in [1.807, 2.05) is 12.1 Å². The predicted octanol–water partition coefficient (Wildman–Crippen LogP) is 4.66. The Bertz CT molecular complexity index is 598. The van der Waals surface area contributed by atoms with E-state index < -0.39 is 0 Å². The van der Waals surface area contributed by atoms with Gasteiger partial charge >= 0.3 is 0 Å². The molecule has 0 saturated carbocycles. The monoisotopic (exact) mass is 349 g/mol. The number of benzene rings is 2. The minimum Gasteiger partial charge on any atom is -0.314 e. The second-order valence-corrected chi connectivity index (χ2v) is 6.25. The summed E-state index contributed by atoms with van der Waals surface area (Å²) in [6.07, 6.45) is 1.87. The van der Waals surface area contributed by atoms with Crippen LogP contribution >= 0.6 is 15.9 Å². The van der Waals surface area contributed by atoms with Gasteiger partial charge in [-0.2, -0.15) is 0 Å². The van der Waals surface area contributed by atoms with E-state index >= 15 is 0 Å². The average Bonchev–Trinajstić information content (AvgIpc) is 2.43. The number of rotatable bonds is 6. The Morgan fingerprint density at radius 2 is 1.81 bits per heavy atom. The minimum atomic E-state index is -0.211. The Balaban J connectivity index is 2.09.